The van der Waals surface area contributed by atoms with E-state index in [1.165, 1.54) is 6.92 Å². The molecule has 0 aliphatic heterocycles. The van der Waals surface area contributed by atoms with Gasteiger partial charge in [-0.05, 0) is 13.3 Å². The molecule has 0 saturated carbocycles. The second kappa shape index (κ2) is 7.03. The van der Waals surface area contributed by atoms with Gasteiger partial charge in [0.2, 0.25) is 0 Å². The van der Waals surface area contributed by atoms with E-state index in [0.29, 0.717) is 6.61 Å². The van der Waals surface area contributed by atoms with Crippen molar-refractivity contribution in [2.75, 3.05) is 19.8 Å². The molecule has 0 fully saturated rings. The summed E-state index contributed by atoms with van der Waals surface area (Å²) in [6.45, 7) is 3.78. The molecule has 0 spiro atoms. The first kappa shape index (κ1) is 14.7. The van der Waals surface area contributed by atoms with Crippen LogP contribution in [0, 0.1) is 0 Å². The Morgan fingerprint density at radius 3 is 2.20 bits per heavy atom. The summed E-state index contributed by atoms with van der Waals surface area (Å²) in [5.41, 5.74) is 5.18. The smallest absolute Gasteiger partial charge is 0.379 e. The maximum Gasteiger partial charge on any atom is 0.416 e. The minimum Gasteiger partial charge on any atom is -0.379 e. The summed E-state index contributed by atoms with van der Waals surface area (Å²) in [6, 6.07) is -1.07. The van der Waals surface area contributed by atoms with Gasteiger partial charge in [-0.1, -0.05) is 6.92 Å². The summed E-state index contributed by atoms with van der Waals surface area (Å²) in [5, 5.41) is 0. The monoisotopic (exact) mass is 229 g/mol. The number of hydrogen-bond acceptors (Lipinski definition) is 3. The summed E-state index contributed by atoms with van der Waals surface area (Å²) in [5.74, 6) is 0. The molecule has 2 atom stereocenters. The van der Waals surface area contributed by atoms with E-state index in [1.807, 2.05) is 6.92 Å². The molecule has 0 aliphatic carbocycles. The third-order valence-corrected chi connectivity index (χ3v) is 1.67. The molecule has 0 heterocycles. The van der Waals surface area contributed by atoms with Crippen LogP contribution in [0.4, 0.5) is 13.2 Å². The van der Waals surface area contributed by atoms with E-state index in [-0.39, 0.29) is 13.2 Å². The van der Waals surface area contributed by atoms with E-state index in [1.54, 1.807) is 0 Å². The van der Waals surface area contributed by atoms with Crippen LogP contribution in [0.1, 0.15) is 20.3 Å². The van der Waals surface area contributed by atoms with Crippen molar-refractivity contribution in [2.45, 2.75) is 38.6 Å². The number of alkyl halides is 3. The lowest BCUT2D eigenvalue weighted by molar-refractivity contribution is -0.227. The molecule has 0 saturated heterocycles. The van der Waals surface area contributed by atoms with Crippen molar-refractivity contribution in [3.63, 3.8) is 0 Å². The Hall–Kier alpha value is -0.330. The fourth-order valence-corrected chi connectivity index (χ4v) is 1.02. The Kier molecular flexibility index (Phi) is 6.87. The zero-order valence-corrected chi connectivity index (χ0v) is 9.01. The van der Waals surface area contributed by atoms with Gasteiger partial charge in [0.1, 0.15) is 0 Å². The Labute approximate surface area is 87.7 Å². The Bertz CT molecular complexity index is 162. The average molecular weight is 229 g/mol. The van der Waals surface area contributed by atoms with Gasteiger partial charge in [-0.25, -0.2) is 0 Å². The van der Waals surface area contributed by atoms with E-state index in [4.69, 9.17) is 10.5 Å². The number of hydrogen-bond donors (Lipinski definition) is 1. The lowest BCUT2D eigenvalue weighted by atomic mass is 10.2. The van der Waals surface area contributed by atoms with Crippen LogP contribution < -0.4 is 5.73 Å². The molecule has 0 bridgehead atoms. The lowest BCUT2D eigenvalue weighted by Gasteiger charge is -2.23. The minimum absolute atomic E-state index is 0.0916. The highest BCUT2D eigenvalue weighted by atomic mass is 19.4. The van der Waals surface area contributed by atoms with Crippen LogP contribution in [0.15, 0.2) is 0 Å². The molecule has 0 amide bonds. The average Bonchev–Trinajstić information content (AvgIpc) is 2.08. The number of halogens is 3. The van der Waals surface area contributed by atoms with Crippen molar-refractivity contribution in [1.29, 1.82) is 0 Å². The summed E-state index contributed by atoms with van der Waals surface area (Å²) in [6.07, 6.45) is -5.50. The molecule has 0 rings (SSSR count). The molecule has 0 aromatic rings. The Morgan fingerprint density at radius 1 is 1.20 bits per heavy atom. The summed E-state index contributed by atoms with van der Waals surface area (Å²) < 4.78 is 46.5. The zero-order chi connectivity index (χ0) is 11.9. The molecule has 0 aromatic heterocycles. The zero-order valence-electron chi connectivity index (χ0n) is 9.01. The molecule has 2 N–H and O–H groups in total. The van der Waals surface area contributed by atoms with Crippen molar-refractivity contribution in [3.8, 4) is 0 Å². The van der Waals surface area contributed by atoms with Gasteiger partial charge in [0.05, 0.1) is 13.2 Å². The largest absolute Gasteiger partial charge is 0.416 e. The molecule has 3 nitrogen and oxygen atoms in total. The highest BCUT2D eigenvalue weighted by Gasteiger charge is 2.42. The summed E-state index contributed by atoms with van der Waals surface area (Å²) >= 11 is 0. The lowest BCUT2D eigenvalue weighted by Crippen LogP contribution is -2.45. The van der Waals surface area contributed by atoms with Crippen LogP contribution in [0.2, 0.25) is 0 Å². The van der Waals surface area contributed by atoms with Gasteiger partial charge in [-0.3, -0.25) is 0 Å². The number of nitrogens with two attached hydrogens (primary N) is 1. The highest BCUT2D eigenvalue weighted by molar-refractivity contribution is 4.76. The van der Waals surface area contributed by atoms with Gasteiger partial charge in [-0.2, -0.15) is 13.2 Å². The quantitative estimate of drug-likeness (QED) is 0.676. The Balaban J connectivity index is 3.78. The second-order valence-electron chi connectivity index (χ2n) is 3.30. The van der Waals surface area contributed by atoms with Crippen molar-refractivity contribution in [2.24, 2.45) is 5.73 Å². The maximum absolute atomic E-state index is 12.3. The number of rotatable bonds is 7. The minimum atomic E-state index is -4.42. The van der Waals surface area contributed by atoms with E-state index in [0.717, 1.165) is 6.42 Å². The molecule has 2 unspecified atom stereocenters. The first-order valence-corrected chi connectivity index (χ1v) is 4.91. The maximum atomic E-state index is 12.3. The topological polar surface area (TPSA) is 44.5 Å². The molecule has 0 aliphatic rings. The SMILES string of the molecule is CCCOCCOC(C(C)N)C(F)(F)F. The van der Waals surface area contributed by atoms with E-state index >= 15 is 0 Å². The molecular weight excluding hydrogens is 211 g/mol. The van der Waals surface area contributed by atoms with Crippen LogP contribution in [0.5, 0.6) is 0 Å². The van der Waals surface area contributed by atoms with Crippen LogP contribution in [0.3, 0.4) is 0 Å². The molecule has 0 radical (unpaired) electrons. The number of ether oxygens (including phenoxy) is 2. The predicted molar refractivity (Wildman–Crippen MR) is 50.6 cm³/mol. The fourth-order valence-electron chi connectivity index (χ4n) is 1.02. The fraction of sp³-hybridized carbons (Fsp3) is 1.00. The molecule has 15 heavy (non-hydrogen) atoms. The third kappa shape index (κ3) is 6.70. The Morgan fingerprint density at radius 2 is 1.80 bits per heavy atom. The molecule has 6 heteroatoms. The van der Waals surface area contributed by atoms with Gasteiger partial charge in [0.25, 0.3) is 0 Å². The van der Waals surface area contributed by atoms with E-state index in [2.05, 4.69) is 4.74 Å². The van der Waals surface area contributed by atoms with E-state index < -0.39 is 18.3 Å². The van der Waals surface area contributed by atoms with Crippen molar-refractivity contribution < 1.29 is 22.6 Å². The van der Waals surface area contributed by atoms with Crippen molar-refractivity contribution in [3.05, 3.63) is 0 Å². The van der Waals surface area contributed by atoms with Crippen molar-refractivity contribution >= 4 is 0 Å². The van der Waals surface area contributed by atoms with Crippen LogP contribution in [-0.2, 0) is 9.47 Å². The van der Waals surface area contributed by atoms with Crippen LogP contribution in [0.25, 0.3) is 0 Å². The normalized spacial score (nSPS) is 16.4. The standard InChI is InChI=1S/C9H18F3NO2/c1-3-4-14-5-6-15-8(7(2)13)9(10,11)12/h7-8H,3-6,13H2,1-2H3. The van der Waals surface area contributed by atoms with Gasteiger partial charge in [0, 0.05) is 12.6 Å². The van der Waals surface area contributed by atoms with Gasteiger partial charge in [0.15, 0.2) is 6.10 Å². The molecule has 92 valence electrons. The van der Waals surface area contributed by atoms with Crippen LogP contribution in [-0.4, -0.2) is 38.1 Å². The molecular formula is C9H18F3NO2. The van der Waals surface area contributed by atoms with Gasteiger partial charge < -0.3 is 15.2 Å². The second-order valence-corrected chi connectivity index (χ2v) is 3.30. The summed E-state index contributed by atoms with van der Waals surface area (Å²) in [7, 11) is 0. The molecule has 0 aromatic carbocycles. The summed E-state index contributed by atoms with van der Waals surface area (Å²) in [4.78, 5) is 0. The van der Waals surface area contributed by atoms with Crippen LogP contribution >= 0.6 is 0 Å². The van der Waals surface area contributed by atoms with Gasteiger partial charge in [-0.15, -0.1) is 0 Å². The highest BCUT2D eigenvalue weighted by Crippen LogP contribution is 2.24. The van der Waals surface area contributed by atoms with Gasteiger partial charge >= 0.3 is 6.18 Å². The third-order valence-electron chi connectivity index (χ3n) is 1.67. The first-order valence-electron chi connectivity index (χ1n) is 4.91. The van der Waals surface area contributed by atoms with E-state index in [9.17, 15) is 13.2 Å². The van der Waals surface area contributed by atoms with Crippen molar-refractivity contribution in [1.82, 2.24) is 0 Å². The predicted octanol–water partition coefficient (Wildman–Crippen LogP) is 1.71. The first-order chi connectivity index (χ1) is 6.89.